The smallest absolute Gasteiger partial charge is 0.272 e. The van der Waals surface area contributed by atoms with Gasteiger partial charge in [0.1, 0.15) is 0 Å². The Morgan fingerprint density at radius 1 is 0.962 bits per heavy atom. The monoisotopic (exact) mass is 346 g/mol. The van der Waals surface area contributed by atoms with Crippen molar-refractivity contribution in [1.82, 2.24) is 15.5 Å². The number of aromatic nitrogens is 2. The number of carbonyl (C=O) groups excluding carboxylic acids is 1. The lowest BCUT2D eigenvalue weighted by Gasteiger charge is -2.17. The predicted molar refractivity (Wildman–Crippen MR) is 103 cm³/mol. The van der Waals surface area contributed by atoms with Gasteiger partial charge < -0.3 is 10.2 Å². The first-order valence-corrected chi connectivity index (χ1v) is 8.54. The maximum absolute atomic E-state index is 12.2. The normalized spacial score (nSPS) is 10.4. The topological polar surface area (TPSA) is 58.1 Å². The molecule has 0 unspecified atom stereocenters. The summed E-state index contributed by atoms with van der Waals surface area (Å²) in [6, 6.07) is 21.7. The van der Waals surface area contributed by atoms with Crippen molar-refractivity contribution in [2.45, 2.75) is 20.0 Å². The Kier molecular flexibility index (Phi) is 5.59. The molecule has 0 aliphatic heterocycles. The van der Waals surface area contributed by atoms with Crippen molar-refractivity contribution < 1.29 is 4.79 Å². The molecule has 1 heterocycles. The molecule has 0 saturated carbocycles. The van der Waals surface area contributed by atoms with Crippen LogP contribution in [0.3, 0.4) is 0 Å². The second-order valence-corrected chi connectivity index (χ2v) is 6.29. The summed E-state index contributed by atoms with van der Waals surface area (Å²) in [7, 11) is 1.95. The average Bonchev–Trinajstić information content (AvgIpc) is 2.67. The van der Waals surface area contributed by atoms with Crippen molar-refractivity contribution in [3.63, 3.8) is 0 Å². The van der Waals surface area contributed by atoms with Crippen molar-refractivity contribution in [2.75, 3.05) is 11.9 Å². The summed E-state index contributed by atoms with van der Waals surface area (Å²) in [5.74, 6) is 0.500. The van der Waals surface area contributed by atoms with Gasteiger partial charge in [0.25, 0.3) is 5.91 Å². The van der Waals surface area contributed by atoms with E-state index < -0.39 is 0 Å². The Balaban J connectivity index is 1.58. The predicted octanol–water partition coefficient (Wildman–Crippen LogP) is 3.35. The maximum atomic E-state index is 12.2. The molecule has 3 aromatic rings. The van der Waals surface area contributed by atoms with E-state index in [2.05, 4.69) is 27.6 Å². The zero-order valence-electron chi connectivity index (χ0n) is 15.0. The number of amides is 1. The highest BCUT2D eigenvalue weighted by Gasteiger charge is 2.10. The van der Waals surface area contributed by atoms with Crippen molar-refractivity contribution in [3.8, 4) is 0 Å². The molecule has 0 bridgehead atoms. The third-order valence-corrected chi connectivity index (χ3v) is 4.07. The Bertz CT molecular complexity index is 863. The fourth-order valence-electron chi connectivity index (χ4n) is 2.68. The number of nitrogens with zero attached hydrogens (tertiary/aromatic N) is 3. The van der Waals surface area contributed by atoms with Gasteiger partial charge >= 0.3 is 0 Å². The van der Waals surface area contributed by atoms with Crippen LogP contribution in [0.15, 0.2) is 66.7 Å². The molecule has 26 heavy (non-hydrogen) atoms. The summed E-state index contributed by atoms with van der Waals surface area (Å²) < 4.78 is 0. The molecule has 132 valence electrons. The summed E-state index contributed by atoms with van der Waals surface area (Å²) in [4.78, 5) is 14.2. The van der Waals surface area contributed by atoms with Gasteiger partial charge in [-0.3, -0.25) is 4.79 Å². The van der Waals surface area contributed by atoms with Gasteiger partial charge in [-0.05, 0) is 30.2 Å². The van der Waals surface area contributed by atoms with Gasteiger partial charge in [-0.25, -0.2) is 0 Å². The first-order valence-electron chi connectivity index (χ1n) is 8.54. The summed E-state index contributed by atoms with van der Waals surface area (Å²) in [5.41, 5.74) is 3.74. The second-order valence-electron chi connectivity index (χ2n) is 6.29. The lowest BCUT2D eigenvalue weighted by atomic mass is 10.1. The highest BCUT2D eigenvalue weighted by Crippen LogP contribution is 2.12. The van der Waals surface area contributed by atoms with Crippen LogP contribution in [-0.2, 0) is 13.1 Å². The highest BCUT2D eigenvalue weighted by atomic mass is 16.1. The Morgan fingerprint density at radius 3 is 2.42 bits per heavy atom. The van der Waals surface area contributed by atoms with Crippen molar-refractivity contribution in [3.05, 3.63) is 89.1 Å². The summed E-state index contributed by atoms with van der Waals surface area (Å²) >= 11 is 0. The molecule has 0 atom stereocenters. The molecule has 3 rings (SSSR count). The summed E-state index contributed by atoms with van der Waals surface area (Å²) in [6.07, 6.45) is 0. The van der Waals surface area contributed by atoms with Crippen LogP contribution >= 0.6 is 0 Å². The molecule has 0 spiro atoms. The van der Waals surface area contributed by atoms with Crippen molar-refractivity contribution in [1.29, 1.82) is 0 Å². The minimum atomic E-state index is -0.226. The standard InChI is InChI=1S/C21H22N4O/c1-16-7-6-10-18(13-16)14-22-21(26)19-11-12-20(24-23-19)25(2)15-17-8-4-3-5-9-17/h3-13H,14-15H2,1-2H3,(H,22,26). The van der Waals surface area contributed by atoms with Crippen LogP contribution in [0.1, 0.15) is 27.2 Å². The van der Waals surface area contributed by atoms with Gasteiger partial charge in [-0.2, -0.15) is 0 Å². The van der Waals surface area contributed by atoms with Gasteiger partial charge in [0.05, 0.1) is 0 Å². The molecular formula is C21H22N4O. The number of hydrogen-bond donors (Lipinski definition) is 1. The summed E-state index contributed by atoms with van der Waals surface area (Å²) in [5, 5.41) is 11.1. The SMILES string of the molecule is Cc1cccc(CNC(=O)c2ccc(N(C)Cc3ccccc3)nn2)c1. The van der Waals surface area contributed by atoms with E-state index >= 15 is 0 Å². The molecule has 0 fully saturated rings. The molecule has 1 aromatic heterocycles. The van der Waals surface area contributed by atoms with Crippen LogP contribution in [0.5, 0.6) is 0 Å². The van der Waals surface area contributed by atoms with E-state index in [1.807, 2.05) is 67.4 Å². The maximum Gasteiger partial charge on any atom is 0.272 e. The molecule has 5 nitrogen and oxygen atoms in total. The van der Waals surface area contributed by atoms with E-state index in [0.29, 0.717) is 12.2 Å². The first kappa shape index (κ1) is 17.6. The molecule has 5 heteroatoms. The van der Waals surface area contributed by atoms with Crippen LogP contribution in [0.2, 0.25) is 0 Å². The van der Waals surface area contributed by atoms with Crippen molar-refractivity contribution in [2.24, 2.45) is 0 Å². The van der Waals surface area contributed by atoms with Crippen LogP contribution in [0.25, 0.3) is 0 Å². The van der Waals surface area contributed by atoms with E-state index in [1.54, 1.807) is 6.07 Å². The van der Waals surface area contributed by atoms with E-state index in [0.717, 1.165) is 17.9 Å². The quantitative estimate of drug-likeness (QED) is 0.744. The molecule has 0 aliphatic rings. The van der Waals surface area contributed by atoms with Gasteiger partial charge in [0.2, 0.25) is 0 Å². The van der Waals surface area contributed by atoms with E-state index in [4.69, 9.17) is 0 Å². The minimum absolute atomic E-state index is 0.226. The van der Waals surface area contributed by atoms with E-state index in [1.165, 1.54) is 11.1 Å². The number of carbonyl (C=O) groups is 1. The summed E-state index contributed by atoms with van der Waals surface area (Å²) in [6.45, 7) is 3.23. The zero-order chi connectivity index (χ0) is 18.4. The van der Waals surface area contributed by atoms with Gasteiger partial charge in [-0.1, -0.05) is 60.2 Å². The Labute approximate surface area is 153 Å². The lowest BCUT2D eigenvalue weighted by Crippen LogP contribution is -2.25. The zero-order valence-corrected chi connectivity index (χ0v) is 15.0. The third-order valence-electron chi connectivity index (χ3n) is 4.07. The Hall–Kier alpha value is -3.21. The van der Waals surface area contributed by atoms with E-state index in [-0.39, 0.29) is 5.91 Å². The number of rotatable bonds is 6. The third kappa shape index (κ3) is 4.66. The van der Waals surface area contributed by atoms with Gasteiger partial charge in [0, 0.05) is 20.1 Å². The number of anilines is 1. The van der Waals surface area contributed by atoms with Crippen LogP contribution < -0.4 is 10.2 Å². The van der Waals surface area contributed by atoms with E-state index in [9.17, 15) is 4.79 Å². The van der Waals surface area contributed by atoms with Crippen LogP contribution in [0.4, 0.5) is 5.82 Å². The highest BCUT2D eigenvalue weighted by molar-refractivity contribution is 5.92. The Morgan fingerprint density at radius 2 is 1.73 bits per heavy atom. The van der Waals surface area contributed by atoms with Crippen molar-refractivity contribution >= 4 is 11.7 Å². The van der Waals surface area contributed by atoms with Gasteiger partial charge in [0.15, 0.2) is 11.5 Å². The molecular weight excluding hydrogens is 324 g/mol. The largest absolute Gasteiger partial charge is 0.354 e. The van der Waals surface area contributed by atoms with Crippen LogP contribution in [-0.4, -0.2) is 23.2 Å². The number of hydrogen-bond acceptors (Lipinski definition) is 4. The molecule has 0 aliphatic carbocycles. The fourth-order valence-corrected chi connectivity index (χ4v) is 2.68. The molecule has 0 saturated heterocycles. The van der Waals surface area contributed by atoms with Gasteiger partial charge in [-0.15, -0.1) is 10.2 Å². The number of aryl methyl sites for hydroxylation is 1. The minimum Gasteiger partial charge on any atom is -0.354 e. The molecule has 1 amide bonds. The molecule has 0 radical (unpaired) electrons. The molecule has 1 N–H and O–H groups in total. The number of nitrogens with one attached hydrogen (secondary N) is 1. The first-order chi connectivity index (χ1) is 12.6. The number of benzene rings is 2. The molecule has 2 aromatic carbocycles. The lowest BCUT2D eigenvalue weighted by molar-refractivity contribution is 0.0945. The average molecular weight is 346 g/mol. The van der Waals surface area contributed by atoms with Crippen LogP contribution in [0, 0.1) is 6.92 Å². The fraction of sp³-hybridized carbons (Fsp3) is 0.190. The second kappa shape index (κ2) is 8.25.